The average molecular weight is 997 g/mol. The van der Waals surface area contributed by atoms with Crippen LogP contribution in [0.4, 0.5) is 0 Å². The maximum absolute atomic E-state index is 12.9. The molecule has 1 fully saturated rings. The number of ether oxygens (including phenoxy) is 4. The number of allylic oxidation sites excluding steroid dienone is 10. The minimum Gasteiger partial charge on any atom is -0.457 e. The zero-order valence-corrected chi connectivity index (χ0v) is 44.2. The molecule has 1 rings (SSSR count). The molecule has 0 aromatic carbocycles. The molecule has 0 spiro atoms. The van der Waals surface area contributed by atoms with Crippen molar-refractivity contribution in [1.29, 1.82) is 0 Å². The van der Waals surface area contributed by atoms with E-state index >= 15 is 0 Å². The fourth-order valence-corrected chi connectivity index (χ4v) is 8.80. The van der Waals surface area contributed by atoms with E-state index in [1.54, 1.807) is 0 Å². The van der Waals surface area contributed by atoms with Gasteiger partial charge < -0.3 is 34.3 Å². The van der Waals surface area contributed by atoms with Gasteiger partial charge in [0.1, 0.15) is 30.5 Å². The van der Waals surface area contributed by atoms with Crippen molar-refractivity contribution in [2.75, 3.05) is 26.4 Å². The molecule has 0 saturated carbocycles. The summed E-state index contributed by atoms with van der Waals surface area (Å²) in [5, 5.41) is 30.8. The largest absolute Gasteiger partial charge is 0.457 e. The Morgan fingerprint density at radius 1 is 0.565 bits per heavy atom. The molecule has 69 heavy (non-hydrogen) atoms. The average Bonchev–Trinajstić information content (AvgIpc) is 3.32. The van der Waals surface area contributed by atoms with Gasteiger partial charge >= 0.3 is 16.4 Å². The molecule has 1 saturated heterocycles. The second-order valence-electron chi connectivity index (χ2n) is 18.8. The third kappa shape index (κ3) is 40.0. The first-order valence-electron chi connectivity index (χ1n) is 27.5. The predicted molar refractivity (Wildman–Crippen MR) is 280 cm³/mol. The summed E-state index contributed by atoms with van der Waals surface area (Å²) >= 11 is 0. The molecular weight excluding hydrogens is 897 g/mol. The summed E-state index contributed by atoms with van der Waals surface area (Å²) in [6.07, 6.45) is 51.1. The van der Waals surface area contributed by atoms with Crippen LogP contribution in [0.5, 0.6) is 0 Å². The van der Waals surface area contributed by atoms with E-state index in [1.807, 2.05) is 0 Å². The van der Waals surface area contributed by atoms with Gasteiger partial charge in [-0.15, -0.1) is 0 Å². The number of carbonyl (C=O) groups is 1. The Labute approximate surface area is 420 Å². The Balaban J connectivity index is 2.30. The van der Waals surface area contributed by atoms with E-state index in [-0.39, 0.29) is 19.6 Å². The van der Waals surface area contributed by atoms with Crippen molar-refractivity contribution in [3.8, 4) is 0 Å². The number of aliphatic hydroxyl groups is 3. The van der Waals surface area contributed by atoms with Gasteiger partial charge in [-0.3, -0.25) is 9.35 Å². The van der Waals surface area contributed by atoms with Gasteiger partial charge in [-0.05, 0) is 57.8 Å². The normalized spacial score (nSPS) is 19.7. The number of hydrogen-bond donors (Lipinski definition) is 4. The van der Waals surface area contributed by atoms with E-state index in [0.29, 0.717) is 13.0 Å². The first-order chi connectivity index (χ1) is 33.6. The van der Waals surface area contributed by atoms with E-state index < -0.39 is 59.8 Å². The first kappa shape index (κ1) is 64.8. The molecule has 0 aliphatic carbocycles. The second kappa shape index (κ2) is 46.8. The molecule has 0 amide bonds. The Morgan fingerprint density at radius 2 is 1.00 bits per heavy atom. The lowest BCUT2D eigenvalue weighted by Gasteiger charge is -2.41. The maximum atomic E-state index is 12.9. The number of esters is 1. The van der Waals surface area contributed by atoms with Gasteiger partial charge in [-0.1, -0.05) is 222 Å². The molecule has 0 radical (unpaired) electrons. The van der Waals surface area contributed by atoms with E-state index in [2.05, 4.69) is 78.8 Å². The molecule has 0 bridgehead atoms. The smallest absolute Gasteiger partial charge is 0.397 e. The van der Waals surface area contributed by atoms with Crippen LogP contribution in [0.2, 0.25) is 0 Å². The van der Waals surface area contributed by atoms with Crippen molar-refractivity contribution in [3.63, 3.8) is 0 Å². The summed E-state index contributed by atoms with van der Waals surface area (Å²) in [6, 6.07) is 0. The molecule has 1 heterocycles. The molecule has 4 N–H and O–H groups in total. The molecule has 0 aromatic rings. The summed E-state index contributed by atoms with van der Waals surface area (Å²) in [7, 11) is -5.07. The van der Waals surface area contributed by atoms with E-state index in [0.717, 1.165) is 77.0 Å². The molecule has 12 nitrogen and oxygen atoms in total. The Hall–Kier alpha value is -2.20. The molecule has 6 atom stereocenters. The molecule has 1 aliphatic heterocycles. The van der Waals surface area contributed by atoms with Crippen LogP contribution in [-0.2, 0) is 38.3 Å². The van der Waals surface area contributed by atoms with Crippen LogP contribution in [-0.4, -0.2) is 97.5 Å². The van der Waals surface area contributed by atoms with Crippen molar-refractivity contribution in [1.82, 2.24) is 0 Å². The minimum absolute atomic E-state index is 0.0333. The highest BCUT2D eigenvalue weighted by atomic mass is 32.3. The zero-order chi connectivity index (χ0) is 50.3. The molecular formula is C56H100O12S. The van der Waals surface area contributed by atoms with Crippen LogP contribution < -0.4 is 0 Å². The highest BCUT2D eigenvalue weighted by Gasteiger charge is 2.48. The third-order valence-electron chi connectivity index (χ3n) is 12.4. The van der Waals surface area contributed by atoms with Gasteiger partial charge in [-0.2, -0.15) is 8.42 Å². The second-order valence-corrected chi connectivity index (χ2v) is 19.8. The number of hydrogen-bond acceptors (Lipinski definition) is 11. The number of unbranched alkanes of at least 4 members (excludes halogenated alkanes) is 25. The molecule has 6 unspecified atom stereocenters. The van der Waals surface area contributed by atoms with Crippen molar-refractivity contribution in [2.45, 2.75) is 263 Å². The maximum Gasteiger partial charge on any atom is 0.397 e. The highest BCUT2D eigenvalue weighted by Crippen LogP contribution is 2.26. The molecule has 402 valence electrons. The Kier molecular flexibility index (Phi) is 44.0. The van der Waals surface area contributed by atoms with Crippen LogP contribution in [0.3, 0.4) is 0 Å². The monoisotopic (exact) mass is 997 g/mol. The Morgan fingerprint density at radius 3 is 1.46 bits per heavy atom. The summed E-state index contributed by atoms with van der Waals surface area (Å²) in [4.78, 5) is 12.9. The van der Waals surface area contributed by atoms with Crippen LogP contribution >= 0.6 is 0 Å². The predicted octanol–water partition coefficient (Wildman–Crippen LogP) is 13.3. The lowest BCUT2D eigenvalue weighted by molar-refractivity contribution is -0.301. The molecule has 13 heteroatoms. The van der Waals surface area contributed by atoms with Gasteiger partial charge in [-0.25, -0.2) is 4.18 Å². The van der Waals surface area contributed by atoms with Crippen LogP contribution in [0.25, 0.3) is 0 Å². The van der Waals surface area contributed by atoms with Crippen molar-refractivity contribution in [2.24, 2.45) is 0 Å². The van der Waals surface area contributed by atoms with Gasteiger partial charge in [0, 0.05) is 13.0 Å². The van der Waals surface area contributed by atoms with Crippen molar-refractivity contribution < 1.29 is 56.2 Å². The van der Waals surface area contributed by atoms with E-state index in [4.69, 9.17) is 18.9 Å². The van der Waals surface area contributed by atoms with Crippen LogP contribution in [0.1, 0.15) is 226 Å². The topological polar surface area (TPSA) is 178 Å². The Bertz CT molecular complexity index is 1430. The number of rotatable bonds is 48. The van der Waals surface area contributed by atoms with Crippen LogP contribution in [0.15, 0.2) is 60.8 Å². The first-order valence-corrected chi connectivity index (χ1v) is 28.9. The van der Waals surface area contributed by atoms with E-state index in [1.165, 1.54) is 122 Å². The fourth-order valence-electron chi connectivity index (χ4n) is 8.29. The third-order valence-corrected chi connectivity index (χ3v) is 12.9. The van der Waals surface area contributed by atoms with Crippen molar-refractivity contribution in [3.05, 3.63) is 60.8 Å². The lowest BCUT2D eigenvalue weighted by Crippen LogP contribution is -2.60. The summed E-state index contributed by atoms with van der Waals surface area (Å²) < 4.78 is 59.3. The van der Waals surface area contributed by atoms with Crippen molar-refractivity contribution >= 4 is 16.4 Å². The van der Waals surface area contributed by atoms with Gasteiger partial charge in [0.2, 0.25) is 0 Å². The van der Waals surface area contributed by atoms with Gasteiger partial charge in [0.25, 0.3) is 0 Å². The quantitative estimate of drug-likeness (QED) is 0.0197. The fraction of sp³-hybridized carbons (Fsp3) is 0.804. The number of aliphatic hydroxyl groups excluding tert-OH is 3. The summed E-state index contributed by atoms with van der Waals surface area (Å²) in [5.41, 5.74) is 0. The summed E-state index contributed by atoms with van der Waals surface area (Å²) in [5.74, 6) is -0.399. The van der Waals surface area contributed by atoms with E-state index in [9.17, 15) is 33.1 Å². The molecule has 0 aromatic heterocycles. The zero-order valence-electron chi connectivity index (χ0n) is 43.4. The highest BCUT2D eigenvalue weighted by molar-refractivity contribution is 7.80. The SMILES string of the molecule is CC/C=C\C/C=C\C/C=C\C/C=C\C/C=C\CCCCCCCCCCCCOCC(COC1OC(CO)C(O)C(OS(=O)(=O)O)C1O)OC(=O)CCCCCCCCCCCCCCCCCC. The minimum atomic E-state index is -5.07. The standard InChI is InChI=1S/C56H100O12S/c1-3-5-7-9-11-13-15-17-19-21-22-23-24-25-26-27-28-29-30-32-34-36-38-40-42-44-46-64-48-50(49-65-56-54(60)55(68-69(61,62)63)53(59)51(47-57)67-56)66-52(58)45-43-41-39-37-35-33-31-20-18-16-14-12-10-8-6-4-2/h5,7,11,13,17,19,22-23,25-26,50-51,53-57,59-60H,3-4,6,8-10,12,14-16,18,20-21,24,27-49H2,1-2H3,(H,61,62,63)/b7-5-,13-11-,19-17-,23-22-,26-25-. The molecule has 1 aliphatic rings. The number of carbonyl (C=O) groups excluding carboxylic acids is 1. The lowest BCUT2D eigenvalue weighted by atomic mass is 9.99. The van der Waals surface area contributed by atoms with Gasteiger partial charge in [0.05, 0.1) is 19.8 Å². The van der Waals surface area contributed by atoms with Gasteiger partial charge in [0.15, 0.2) is 6.29 Å². The summed E-state index contributed by atoms with van der Waals surface area (Å²) in [6.45, 7) is 3.89. The van der Waals surface area contributed by atoms with Crippen LogP contribution in [0, 0.1) is 0 Å².